The average Bonchev–Trinajstić information content (AvgIpc) is 2.05. The Labute approximate surface area is 75.4 Å². The van der Waals surface area contributed by atoms with Gasteiger partial charge in [0.05, 0.1) is 6.04 Å². The molecule has 72 valence electrons. The normalized spacial score (nSPS) is 16.1. The molecule has 3 nitrogen and oxygen atoms in total. The molecule has 3 heteroatoms. The van der Waals surface area contributed by atoms with E-state index in [1.807, 2.05) is 6.92 Å². The summed E-state index contributed by atoms with van der Waals surface area (Å²) in [5, 5.41) is 7.34. The largest absolute Gasteiger partial charge is 0.386 e. The molecule has 12 heavy (non-hydrogen) atoms. The average molecular weight is 171 g/mol. The summed E-state index contributed by atoms with van der Waals surface area (Å²) in [5.74, 6) is 0.261. The van der Waals surface area contributed by atoms with Gasteiger partial charge in [-0.25, -0.2) is 0 Å². The molecule has 0 spiro atoms. The fourth-order valence-electron chi connectivity index (χ4n) is 1.38. The number of likely N-dealkylation sites (N-methyl/N-ethyl adjacent to an activating group) is 1. The van der Waals surface area contributed by atoms with Crippen molar-refractivity contribution in [2.24, 2.45) is 5.73 Å². The van der Waals surface area contributed by atoms with Crippen LogP contribution >= 0.6 is 0 Å². The van der Waals surface area contributed by atoms with Crippen molar-refractivity contribution in [2.45, 2.75) is 46.2 Å². The highest BCUT2D eigenvalue weighted by Crippen LogP contribution is 2.07. The van der Waals surface area contributed by atoms with Gasteiger partial charge in [0.15, 0.2) is 0 Å². The first-order valence-electron chi connectivity index (χ1n) is 4.64. The molecule has 0 fully saturated rings. The lowest BCUT2D eigenvalue weighted by molar-refractivity contribution is 0.195. The Morgan fingerprint density at radius 1 is 1.42 bits per heavy atom. The van der Waals surface area contributed by atoms with E-state index in [0.717, 1.165) is 13.0 Å². The van der Waals surface area contributed by atoms with E-state index in [1.165, 1.54) is 0 Å². The van der Waals surface area contributed by atoms with Crippen molar-refractivity contribution in [3.05, 3.63) is 0 Å². The van der Waals surface area contributed by atoms with Crippen LogP contribution < -0.4 is 5.73 Å². The fraction of sp³-hybridized carbons (Fsp3) is 0.889. The number of hydrogen-bond donors (Lipinski definition) is 2. The molecular weight excluding hydrogens is 150 g/mol. The van der Waals surface area contributed by atoms with Crippen molar-refractivity contribution in [1.29, 1.82) is 5.41 Å². The van der Waals surface area contributed by atoms with Crippen molar-refractivity contribution in [3.63, 3.8) is 0 Å². The van der Waals surface area contributed by atoms with E-state index in [2.05, 4.69) is 25.7 Å². The Balaban J connectivity index is 4.23. The fourth-order valence-corrected chi connectivity index (χ4v) is 1.38. The summed E-state index contributed by atoms with van der Waals surface area (Å²) in [6.07, 6.45) is 1.10. The van der Waals surface area contributed by atoms with E-state index >= 15 is 0 Å². The lowest BCUT2D eigenvalue weighted by atomic mass is 10.1. The number of nitrogens with zero attached hydrogens (tertiary/aromatic N) is 1. The van der Waals surface area contributed by atoms with E-state index in [9.17, 15) is 0 Å². The van der Waals surface area contributed by atoms with E-state index in [1.54, 1.807) is 0 Å². The second-order valence-corrected chi connectivity index (χ2v) is 3.22. The molecule has 0 radical (unpaired) electrons. The van der Waals surface area contributed by atoms with Crippen LogP contribution in [0.4, 0.5) is 0 Å². The Morgan fingerprint density at radius 2 is 1.92 bits per heavy atom. The third kappa shape index (κ3) is 2.81. The molecule has 0 saturated carbocycles. The molecule has 0 aromatic rings. The van der Waals surface area contributed by atoms with Gasteiger partial charge < -0.3 is 5.73 Å². The summed E-state index contributed by atoms with van der Waals surface area (Å²) < 4.78 is 0. The van der Waals surface area contributed by atoms with Gasteiger partial charge in [-0.15, -0.1) is 0 Å². The monoisotopic (exact) mass is 171 g/mol. The second kappa shape index (κ2) is 5.14. The minimum atomic E-state index is 0.0740. The molecule has 0 saturated heterocycles. The van der Waals surface area contributed by atoms with Crippen LogP contribution in [0.2, 0.25) is 0 Å². The van der Waals surface area contributed by atoms with Gasteiger partial charge in [0.2, 0.25) is 0 Å². The number of nitrogens with one attached hydrogen (secondary N) is 1. The van der Waals surface area contributed by atoms with Gasteiger partial charge in [-0.2, -0.15) is 0 Å². The van der Waals surface area contributed by atoms with Crippen LogP contribution in [0.25, 0.3) is 0 Å². The highest BCUT2D eigenvalue weighted by molar-refractivity contribution is 5.82. The minimum Gasteiger partial charge on any atom is -0.386 e. The number of amidine groups is 1. The molecule has 2 unspecified atom stereocenters. The maximum atomic E-state index is 7.34. The number of nitrogens with two attached hydrogens (primary N) is 1. The number of rotatable bonds is 5. The van der Waals surface area contributed by atoms with E-state index in [-0.39, 0.29) is 11.9 Å². The molecule has 0 amide bonds. The van der Waals surface area contributed by atoms with Crippen LogP contribution in [0, 0.1) is 5.41 Å². The van der Waals surface area contributed by atoms with Gasteiger partial charge in [-0.1, -0.05) is 13.8 Å². The zero-order valence-corrected chi connectivity index (χ0v) is 8.59. The van der Waals surface area contributed by atoms with Crippen LogP contribution in [0.3, 0.4) is 0 Å². The summed E-state index contributed by atoms with van der Waals surface area (Å²) in [7, 11) is 0. The van der Waals surface area contributed by atoms with Gasteiger partial charge in [0, 0.05) is 6.04 Å². The maximum absolute atomic E-state index is 7.34. The van der Waals surface area contributed by atoms with E-state index < -0.39 is 0 Å². The molecule has 0 aromatic heterocycles. The predicted molar refractivity (Wildman–Crippen MR) is 53.5 cm³/mol. The van der Waals surface area contributed by atoms with Gasteiger partial charge in [-0.05, 0) is 26.8 Å². The number of hydrogen-bond acceptors (Lipinski definition) is 2. The van der Waals surface area contributed by atoms with Gasteiger partial charge in [0.1, 0.15) is 5.84 Å². The first-order valence-corrected chi connectivity index (χ1v) is 4.64. The Bertz CT molecular complexity index is 145. The lowest BCUT2D eigenvalue weighted by Gasteiger charge is -2.32. The molecule has 3 N–H and O–H groups in total. The van der Waals surface area contributed by atoms with Crippen molar-refractivity contribution in [3.8, 4) is 0 Å². The molecule has 0 bridgehead atoms. The van der Waals surface area contributed by atoms with Crippen LogP contribution in [0.15, 0.2) is 0 Å². The van der Waals surface area contributed by atoms with Crippen LogP contribution in [0.5, 0.6) is 0 Å². The third-order valence-electron chi connectivity index (χ3n) is 2.47. The zero-order chi connectivity index (χ0) is 9.72. The van der Waals surface area contributed by atoms with Crippen molar-refractivity contribution >= 4 is 5.84 Å². The molecular formula is C9H21N3. The molecule has 0 heterocycles. The molecule has 0 aliphatic heterocycles. The van der Waals surface area contributed by atoms with Gasteiger partial charge >= 0.3 is 0 Å². The van der Waals surface area contributed by atoms with E-state index in [0.29, 0.717) is 6.04 Å². The Kier molecular flexibility index (Phi) is 4.90. The smallest absolute Gasteiger partial charge is 0.108 e. The summed E-state index contributed by atoms with van der Waals surface area (Å²) in [5.41, 5.74) is 5.45. The highest BCUT2D eigenvalue weighted by atomic mass is 15.2. The van der Waals surface area contributed by atoms with Crippen molar-refractivity contribution in [2.75, 3.05) is 6.54 Å². The van der Waals surface area contributed by atoms with Gasteiger partial charge in [-0.3, -0.25) is 10.3 Å². The molecule has 0 aromatic carbocycles. The Morgan fingerprint density at radius 3 is 2.17 bits per heavy atom. The minimum absolute atomic E-state index is 0.0740. The van der Waals surface area contributed by atoms with Crippen molar-refractivity contribution < 1.29 is 0 Å². The maximum Gasteiger partial charge on any atom is 0.108 e. The van der Waals surface area contributed by atoms with Gasteiger partial charge in [0.25, 0.3) is 0 Å². The molecule has 2 atom stereocenters. The quantitative estimate of drug-likeness (QED) is 0.485. The highest BCUT2D eigenvalue weighted by Gasteiger charge is 2.18. The first-order chi connectivity index (χ1) is 5.54. The standard InChI is InChI=1S/C9H21N3/c1-5-7(3)12(6-2)8(4)9(10)11/h7-8H,5-6H2,1-4H3,(H3,10,11). The van der Waals surface area contributed by atoms with Crippen LogP contribution in [-0.4, -0.2) is 29.4 Å². The molecule has 0 aliphatic rings. The van der Waals surface area contributed by atoms with Crippen LogP contribution in [0.1, 0.15) is 34.1 Å². The van der Waals surface area contributed by atoms with Crippen molar-refractivity contribution in [1.82, 2.24) is 4.90 Å². The SMILES string of the molecule is CCC(C)N(CC)C(C)C(=N)N. The van der Waals surface area contributed by atoms with E-state index in [4.69, 9.17) is 11.1 Å². The van der Waals surface area contributed by atoms with Crippen LogP contribution in [-0.2, 0) is 0 Å². The first kappa shape index (κ1) is 11.4. The third-order valence-corrected chi connectivity index (χ3v) is 2.47. The Hall–Kier alpha value is -0.570. The summed E-state index contributed by atoms with van der Waals surface area (Å²) in [6.45, 7) is 9.36. The zero-order valence-electron chi connectivity index (χ0n) is 8.59. The summed E-state index contributed by atoms with van der Waals surface area (Å²) >= 11 is 0. The topological polar surface area (TPSA) is 53.1 Å². The summed E-state index contributed by atoms with van der Waals surface area (Å²) in [4.78, 5) is 2.24. The molecule has 0 rings (SSSR count). The molecule has 0 aliphatic carbocycles. The predicted octanol–water partition coefficient (Wildman–Crippen LogP) is 1.43. The lowest BCUT2D eigenvalue weighted by Crippen LogP contribution is -2.46. The second-order valence-electron chi connectivity index (χ2n) is 3.22. The summed E-state index contributed by atoms with van der Waals surface area (Å²) in [6, 6.07) is 0.582.